The fraction of sp³-hybridized carbons (Fsp3) is 0.620. The summed E-state index contributed by atoms with van der Waals surface area (Å²) in [6.45, 7) is 2.57. The first kappa shape index (κ1) is 76.7. The van der Waals surface area contributed by atoms with Gasteiger partial charge in [-0.05, 0) is 116 Å². The van der Waals surface area contributed by atoms with E-state index in [1.165, 1.54) is 32.1 Å². The van der Waals surface area contributed by atoms with Gasteiger partial charge in [-0.1, -0.05) is 223 Å². The van der Waals surface area contributed by atoms with Crippen LogP contribution in [0.5, 0.6) is 0 Å². The summed E-state index contributed by atoms with van der Waals surface area (Å²) in [4.78, 5) is 13.2. The van der Waals surface area contributed by atoms with Crippen LogP contribution in [-0.2, 0) is 23.7 Å². The largest absolute Gasteiger partial charge is 0.394 e. The van der Waals surface area contributed by atoms with Crippen molar-refractivity contribution in [3.8, 4) is 0 Å². The Morgan fingerprint density at radius 2 is 0.824 bits per heavy atom. The average molecular weight is 1190 g/mol. The van der Waals surface area contributed by atoms with Crippen molar-refractivity contribution < 1.29 is 64.6 Å². The Labute approximate surface area is 512 Å². The lowest BCUT2D eigenvalue weighted by molar-refractivity contribution is -0.359. The van der Waals surface area contributed by atoms with Crippen molar-refractivity contribution in [2.45, 2.75) is 261 Å². The first-order chi connectivity index (χ1) is 41.6. The minimum Gasteiger partial charge on any atom is -0.394 e. The van der Waals surface area contributed by atoms with Gasteiger partial charge in [-0.3, -0.25) is 4.79 Å². The van der Waals surface area contributed by atoms with Crippen LogP contribution in [0.4, 0.5) is 0 Å². The lowest BCUT2D eigenvalue weighted by Gasteiger charge is -2.46. The third kappa shape index (κ3) is 38.5. The molecule has 2 aliphatic rings. The van der Waals surface area contributed by atoms with Gasteiger partial charge in [0.2, 0.25) is 5.91 Å². The van der Waals surface area contributed by atoms with Gasteiger partial charge in [-0.25, -0.2) is 0 Å². The third-order valence-electron chi connectivity index (χ3n) is 14.4. The normalized spacial score (nSPS) is 24.6. The summed E-state index contributed by atoms with van der Waals surface area (Å²) in [5, 5.41) is 87.0. The van der Waals surface area contributed by atoms with Crippen molar-refractivity contribution >= 4 is 5.91 Å². The molecule has 0 aliphatic carbocycles. The van der Waals surface area contributed by atoms with Crippen LogP contribution in [0.25, 0.3) is 0 Å². The van der Waals surface area contributed by atoms with Gasteiger partial charge in [-0.2, -0.15) is 0 Å². The van der Waals surface area contributed by atoms with Gasteiger partial charge in [0.05, 0.1) is 32.0 Å². The lowest BCUT2D eigenvalue weighted by Crippen LogP contribution is -2.65. The second kappa shape index (κ2) is 53.8. The summed E-state index contributed by atoms with van der Waals surface area (Å²) in [5.74, 6) is -0.271. The molecule has 1 amide bonds. The van der Waals surface area contributed by atoms with Gasteiger partial charge < -0.3 is 65.1 Å². The monoisotopic (exact) mass is 1190 g/mol. The maximum atomic E-state index is 13.2. The predicted octanol–water partition coefficient (Wildman–Crippen LogP) is 12.3. The van der Waals surface area contributed by atoms with Crippen molar-refractivity contribution in [2.75, 3.05) is 19.8 Å². The molecule has 2 heterocycles. The fourth-order valence-corrected chi connectivity index (χ4v) is 9.28. The number of unbranched alkanes of at least 4 members (excludes halogenated alkanes) is 12. The summed E-state index contributed by atoms with van der Waals surface area (Å²) in [7, 11) is 0. The minimum atomic E-state index is -1.80. The molecule has 0 aromatic heterocycles. The minimum absolute atomic E-state index is 0.249. The molecule has 2 rings (SSSR count). The van der Waals surface area contributed by atoms with Crippen LogP contribution in [0.1, 0.15) is 187 Å². The van der Waals surface area contributed by atoms with E-state index < -0.39 is 86.8 Å². The van der Waals surface area contributed by atoms with E-state index in [2.05, 4.69) is 165 Å². The van der Waals surface area contributed by atoms with E-state index in [0.29, 0.717) is 12.8 Å². The van der Waals surface area contributed by atoms with Crippen molar-refractivity contribution in [3.05, 3.63) is 158 Å². The molecule has 2 aliphatic heterocycles. The molecule has 0 radical (unpaired) electrons. The number of aliphatic hydroxyl groups is 8. The number of rotatable bonds is 49. The number of hydrogen-bond donors (Lipinski definition) is 9. The second-order valence-corrected chi connectivity index (χ2v) is 21.8. The molecule has 14 nitrogen and oxygen atoms in total. The maximum Gasteiger partial charge on any atom is 0.220 e. The first-order valence-corrected chi connectivity index (χ1v) is 32.2. The second-order valence-electron chi connectivity index (χ2n) is 21.8. The fourth-order valence-electron chi connectivity index (χ4n) is 9.28. The van der Waals surface area contributed by atoms with Gasteiger partial charge in [0, 0.05) is 6.42 Å². The van der Waals surface area contributed by atoms with E-state index in [0.717, 1.165) is 122 Å². The standard InChI is InChI=1S/C71H113NO13/c1-3-5-7-9-11-13-15-17-18-19-20-21-22-23-24-25-26-27-28-29-30-31-32-33-34-35-36-37-38-39-40-41-42-43-45-47-49-51-53-55-63(76)72-59(60(75)54-52-50-48-46-44-16-14-12-10-8-6-4-2)58-82-70-68(81)66(79)69(62(57-74)84-70)85-71-67(80)65(78)64(77)61(56-73)83-71/h5,7,10-13,17-18,20-21,23-24,26-27,29-30,32-33,35-36,38-39,44,46,52,54,59-62,64-71,73-75,77-81H,3-4,6,8-9,14-16,19,22,25,28,31,34,37,40-43,45,47-51,53,55-58H2,1-2H3,(H,72,76)/b7-5-,12-10+,13-11-,18-17-,21-20-,24-23-,27-26-,30-29-,33-32-,36-35-,39-38-,46-44+,54-52+. The molecule has 85 heavy (non-hydrogen) atoms. The quantitative estimate of drug-likeness (QED) is 0.0204. The molecule has 0 aromatic carbocycles. The molecular weight excluding hydrogens is 1070 g/mol. The highest BCUT2D eigenvalue weighted by Gasteiger charge is 2.51. The number of carbonyl (C=O) groups excluding carboxylic acids is 1. The summed E-state index contributed by atoms with van der Waals surface area (Å²) in [5.41, 5.74) is 0. The van der Waals surface area contributed by atoms with Gasteiger partial charge in [-0.15, -0.1) is 0 Å². The van der Waals surface area contributed by atoms with Crippen molar-refractivity contribution in [1.82, 2.24) is 5.32 Å². The molecule has 12 unspecified atom stereocenters. The summed E-state index contributed by atoms with van der Waals surface area (Å²) < 4.78 is 22.7. The number of amides is 1. The van der Waals surface area contributed by atoms with Crippen molar-refractivity contribution in [1.29, 1.82) is 0 Å². The van der Waals surface area contributed by atoms with E-state index in [-0.39, 0.29) is 18.9 Å². The van der Waals surface area contributed by atoms with Gasteiger partial charge in [0.1, 0.15) is 48.8 Å². The summed E-state index contributed by atoms with van der Waals surface area (Å²) in [6, 6.07) is -0.953. The number of nitrogens with one attached hydrogen (secondary N) is 1. The first-order valence-electron chi connectivity index (χ1n) is 32.2. The van der Waals surface area contributed by atoms with Crippen LogP contribution >= 0.6 is 0 Å². The smallest absolute Gasteiger partial charge is 0.220 e. The Bertz CT molecular complexity index is 2030. The molecule has 0 saturated carbocycles. The number of allylic oxidation sites excluding steroid dienone is 25. The molecule has 480 valence electrons. The molecule has 0 aromatic rings. The van der Waals surface area contributed by atoms with Gasteiger partial charge in [0.15, 0.2) is 12.6 Å². The van der Waals surface area contributed by atoms with Crippen LogP contribution < -0.4 is 5.32 Å². The number of hydrogen-bond acceptors (Lipinski definition) is 13. The Balaban J connectivity index is 1.64. The highest BCUT2D eigenvalue weighted by atomic mass is 16.7. The molecule has 9 N–H and O–H groups in total. The topological polar surface area (TPSA) is 228 Å². The van der Waals surface area contributed by atoms with Crippen LogP contribution in [-0.4, -0.2) is 140 Å². The van der Waals surface area contributed by atoms with Gasteiger partial charge in [0.25, 0.3) is 0 Å². The molecular formula is C71H113NO13. The number of carbonyl (C=O) groups is 1. The zero-order chi connectivity index (χ0) is 61.6. The molecule has 2 saturated heterocycles. The zero-order valence-corrected chi connectivity index (χ0v) is 51.8. The Morgan fingerprint density at radius 1 is 0.435 bits per heavy atom. The number of aliphatic hydroxyl groups excluding tert-OH is 8. The van der Waals surface area contributed by atoms with E-state index >= 15 is 0 Å². The van der Waals surface area contributed by atoms with E-state index in [9.17, 15) is 45.6 Å². The van der Waals surface area contributed by atoms with Crippen LogP contribution in [0.2, 0.25) is 0 Å². The van der Waals surface area contributed by atoms with Crippen LogP contribution in [0.15, 0.2) is 158 Å². The Kier molecular flexibility index (Phi) is 48.6. The zero-order valence-electron chi connectivity index (χ0n) is 51.8. The Hall–Kier alpha value is -4.39. The van der Waals surface area contributed by atoms with E-state index in [4.69, 9.17) is 18.9 Å². The van der Waals surface area contributed by atoms with Crippen molar-refractivity contribution in [2.24, 2.45) is 0 Å². The maximum absolute atomic E-state index is 13.2. The highest BCUT2D eigenvalue weighted by molar-refractivity contribution is 5.76. The van der Waals surface area contributed by atoms with Crippen LogP contribution in [0, 0.1) is 0 Å². The van der Waals surface area contributed by atoms with Gasteiger partial charge >= 0.3 is 0 Å². The number of ether oxygens (including phenoxy) is 4. The van der Waals surface area contributed by atoms with E-state index in [1.807, 2.05) is 6.08 Å². The molecule has 2 fully saturated rings. The average Bonchev–Trinajstić information content (AvgIpc) is 3.60. The highest BCUT2D eigenvalue weighted by Crippen LogP contribution is 2.30. The molecule has 14 heteroatoms. The van der Waals surface area contributed by atoms with Crippen LogP contribution in [0.3, 0.4) is 0 Å². The summed E-state index contributed by atoms with van der Waals surface area (Å²) in [6.07, 6.45) is 65.9. The lowest BCUT2D eigenvalue weighted by atomic mass is 9.97. The third-order valence-corrected chi connectivity index (χ3v) is 14.4. The van der Waals surface area contributed by atoms with E-state index in [1.54, 1.807) is 6.08 Å². The van der Waals surface area contributed by atoms with Crippen molar-refractivity contribution in [3.63, 3.8) is 0 Å². The molecule has 0 spiro atoms. The Morgan fingerprint density at radius 3 is 1.29 bits per heavy atom. The molecule has 12 atom stereocenters. The predicted molar refractivity (Wildman–Crippen MR) is 345 cm³/mol. The molecule has 0 bridgehead atoms. The SMILES string of the molecule is CC/C=C\C/C=C\C/C=C\C/C=C\C/C=C\C/C=C\C/C=C\C/C=C\C/C=C\C/C=C\CCCCCCCCCCC(=O)NC(COC1OC(CO)C(OC2OC(CO)C(O)C(O)C2O)C(O)C1O)C(O)/C=C/CC/C=C/CC/C=C/CCCC. The summed E-state index contributed by atoms with van der Waals surface area (Å²) >= 11 is 0.